The molecule has 7 heteroatoms. The third-order valence-electron chi connectivity index (χ3n) is 16.3. The summed E-state index contributed by atoms with van der Waals surface area (Å²) in [6, 6.07) is 73.2. The smallest absolute Gasteiger partial charge is 0.219 e. The van der Waals surface area contributed by atoms with Crippen molar-refractivity contribution in [3.63, 3.8) is 0 Å². The van der Waals surface area contributed by atoms with E-state index in [1.54, 1.807) is 6.33 Å². The van der Waals surface area contributed by atoms with Crippen molar-refractivity contribution in [3.05, 3.63) is 261 Å². The van der Waals surface area contributed by atoms with Crippen molar-refractivity contribution < 1.29 is 0 Å². The summed E-state index contributed by atoms with van der Waals surface area (Å²) in [6.07, 6.45) is 22.4. The van der Waals surface area contributed by atoms with E-state index in [2.05, 4.69) is 251 Å². The van der Waals surface area contributed by atoms with Crippen molar-refractivity contribution in [3.8, 4) is 22.8 Å². The van der Waals surface area contributed by atoms with Crippen LogP contribution in [0.15, 0.2) is 261 Å². The number of nitrogens with zero attached hydrogens (tertiary/aromatic N) is 5. The Kier molecular flexibility index (Phi) is 11.5. The Hall–Kier alpha value is -8.54. The van der Waals surface area contributed by atoms with Crippen LogP contribution in [-0.4, -0.2) is 37.5 Å². The maximum atomic E-state index is 4.95. The average Bonchev–Trinajstić information content (AvgIpc) is 4.37. The van der Waals surface area contributed by atoms with Crippen LogP contribution in [0.2, 0.25) is 12.1 Å². The lowest BCUT2D eigenvalue weighted by Crippen LogP contribution is -2.47. The molecule has 0 amide bonds. The lowest BCUT2D eigenvalue weighted by atomic mass is 9.30. The molecule has 2 fully saturated rings. The summed E-state index contributed by atoms with van der Waals surface area (Å²) in [5.41, 5.74) is 12.6. The summed E-state index contributed by atoms with van der Waals surface area (Å²) in [5.74, 6) is 2.57. The predicted octanol–water partition coefficient (Wildman–Crippen LogP) is 12.9. The molecule has 0 bridgehead atoms. The zero-order valence-electron chi connectivity index (χ0n) is 41.8. The van der Waals surface area contributed by atoms with Gasteiger partial charge in [0, 0.05) is 56.7 Å². The van der Waals surface area contributed by atoms with Gasteiger partial charge in [0.2, 0.25) is 13.4 Å². The molecule has 0 aliphatic heterocycles. The van der Waals surface area contributed by atoms with E-state index in [0.29, 0.717) is 23.5 Å². The first-order valence-corrected chi connectivity index (χ1v) is 26.1. The molecule has 74 heavy (non-hydrogen) atoms. The molecule has 0 N–H and O–H groups in total. The third-order valence-corrected chi connectivity index (χ3v) is 16.3. The minimum absolute atomic E-state index is 0.0847. The van der Waals surface area contributed by atoms with Crippen molar-refractivity contribution in [2.75, 3.05) is 0 Å². The second-order valence-electron chi connectivity index (χ2n) is 20.5. The number of benzene rings is 8. The summed E-state index contributed by atoms with van der Waals surface area (Å²) in [7, 11) is 2.19. The van der Waals surface area contributed by atoms with E-state index < -0.39 is 0 Å². The number of para-hydroxylation sites is 2. The standard InChI is InChI=1S/C35H29B2N3.C26H20N2.C6H6/c1-36(29-15-4-2-5-16-29)31-19-10-12-26(22-31)33-38-25-39-34(40-33)27-13-11-20-32(23-27)37(30-17-6-3-7-18-30)35-21-9-8-14-28(35)24-35;1-27-21-11-4-3-10-20(21)24-23(27)14-13-19-18-9-2-5-12-22(18)28(25(19)24)26-15-7-6-8-17(26)16-26;1-2-4-6-5-3-1/h2-23,25,28H,24H2,1H3;2-15,17H,16H2,1H3;1-6H. The van der Waals surface area contributed by atoms with E-state index in [1.165, 1.54) is 78.3 Å². The highest BCUT2D eigenvalue weighted by Gasteiger charge is 2.59. The van der Waals surface area contributed by atoms with Crippen LogP contribution in [0.5, 0.6) is 0 Å². The van der Waals surface area contributed by atoms with Crippen molar-refractivity contribution in [1.82, 2.24) is 24.1 Å². The molecule has 0 saturated heterocycles. The van der Waals surface area contributed by atoms with Gasteiger partial charge in [0.05, 0.1) is 16.6 Å². The van der Waals surface area contributed by atoms with Gasteiger partial charge >= 0.3 is 0 Å². The molecule has 4 atom stereocenters. The average molecular weight is 952 g/mol. The molecule has 5 nitrogen and oxygen atoms in total. The van der Waals surface area contributed by atoms with Gasteiger partial charge in [0.1, 0.15) is 6.33 Å². The molecule has 3 aromatic heterocycles. The molecule has 3 heterocycles. The van der Waals surface area contributed by atoms with Crippen molar-refractivity contribution in [2.24, 2.45) is 18.9 Å². The Balaban J connectivity index is 0.000000134. The molecular weight excluding hydrogens is 896 g/mol. The van der Waals surface area contributed by atoms with Crippen LogP contribution in [-0.2, 0) is 12.6 Å². The summed E-state index contributed by atoms with van der Waals surface area (Å²) >= 11 is 0. The molecule has 4 aliphatic carbocycles. The molecule has 8 aromatic carbocycles. The van der Waals surface area contributed by atoms with Gasteiger partial charge in [-0.1, -0.05) is 265 Å². The highest BCUT2D eigenvalue weighted by atomic mass is 15.1. The van der Waals surface area contributed by atoms with Crippen LogP contribution >= 0.6 is 0 Å². The zero-order chi connectivity index (χ0) is 49.6. The molecule has 0 radical (unpaired) electrons. The Morgan fingerprint density at radius 2 is 1.04 bits per heavy atom. The number of fused-ring (bicyclic) bond motifs is 9. The van der Waals surface area contributed by atoms with Crippen LogP contribution < -0.4 is 21.9 Å². The largest absolute Gasteiger partial charge is 0.344 e. The second-order valence-corrected chi connectivity index (χ2v) is 20.5. The van der Waals surface area contributed by atoms with Gasteiger partial charge in [0.25, 0.3) is 0 Å². The molecule has 4 aliphatic rings. The summed E-state index contributed by atoms with van der Waals surface area (Å²) < 4.78 is 4.99. The number of hydrogen-bond donors (Lipinski definition) is 0. The molecule has 4 unspecified atom stereocenters. The van der Waals surface area contributed by atoms with Crippen molar-refractivity contribution in [1.29, 1.82) is 0 Å². The van der Waals surface area contributed by atoms with Gasteiger partial charge in [-0.3, -0.25) is 0 Å². The fraction of sp³-hybridized carbons (Fsp3) is 0.119. The molecule has 2 saturated carbocycles. The second kappa shape index (κ2) is 18.8. The van der Waals surface area contributed by atoms with Crippen LogP contribution in [0, 0.1) is 11.8 Å². The fourth-order valence-corrected chi connectivity index (χ4v) is 12.4. The Morgan fingerprint density at radius 1 is 0.473 bits per heavy atom. The van der Waals surface area contributed by atoms with Crippen LogP contribution in [0.1, 0.15) is 12.8 Å². The third kappa shape index (κ3) is 7.95. The van der Waals surface area contributed by atoms with E-state index in [9.17, 15) is 0 Å². The van der Waals surface area contributed by atoms with E-state index in [1.807, 2.05) is 36.4 Å². The SMILES string of the molecule is CB(c1ccccc1)c1cccc(-c2ncnc(-c3cccc(B(c4ccccc4)C45C=CC=CC4C5)c3)n2)c1.Cn1c2ccccc2c2c1ccc1c3ccccc3n(C34C=CC=CC3C4)c12.c1ccccc1. The molecule has 15 rings (SSSR count). The van der Waals surface area contributed by atoms with Crippen LogP contribution in [0.4, 0.5) is 0 Å². The molecule has 0 spiro atoms. The number of allylic oxidation sites excluding steroid dienone is 8. The van der Waals surface area contributed by atoms with E-state index >= 15 is 0 Å². The van der Waals surface area contributed by atoms with Gasteiger partial charge in [-0.25, -0.2) is 15.0 Å². The normalized spacial score (nSPS) is 19.5. The van der Waals surface area contributed by atoms with Gasteiger partial charge < -0.3 is 9.13 Å². The van der Waals surface area contributed by atoms with E-state index in [-0.39, 0.29) is 24.3 Å². The Morgan fingerprint density at radius 3 is 1.73 bits per heavy atom. The number of aryl methyl sites for hydroxylation is 1. The number of rotatable bonds is 8. The molecule has 354 valence electrons. The van der Waals surface area contributed by atoms with Gasteiger partial charge in [0.15, 0.2) is 11.6 Å². The quantitative estimate of drug-likeness (QED) is 0.143. The summed E-state index contributed by atoms with van der Waals surface area (Å²) in [4.78, 5) is 14.1. The molecular formula is C67H55B2N5. The first-order chi connectivity index (χ1) is 36.5. The maximum Gasteiger partial charge on any atom is 0.219 e. The van der Waals surface area contributed by atoms with Gasteiger partial charge in [-0.2, -0.15) is 0 Å². The maximum absolute atomic E-state index is 4.95. The van der Waals surface area contributed by atoms with E-state index in [0.717, 1.165) is 11.1 Å². The first-order valence-electron chi connectivity index (χ1n) is 26.1. The topological polar surface area (TPSA) is 48.5 Å². The van der Waals surface area contributed by atoms with Crippen LogP contribution in [0.25, 0.3) is 66.4 Å². The lowest BCUT2D eigenvalue weighted by Gasteiger charge is -2.25. The number of aromatic nitrogens is 5. The van der Waals surface area contributed by atoms with Crippen LogP contribution in [0.3, 0.4) is 0 Å². The first kappa shape index (κ1) is 45.3. The number of hydrogen-bond acceptors (Lipinski definition) is 3. The minimum atomic E-state index is 0.0847. The lowest BCUT2D eigenvalue weighted by molar-refractivity contribution is 0.603. The summed E-state index contributed by atoms with van der Waals surface area (Å²) in [5, 5.41) is 5.58. The highest BCUT2D eigenvalue weighted by molar-refractivity contribution is 6.89. The summed E-state index contributed by atoms with van der Waals surface area (Å²) in [6.45, 7) is 2.80. The monoisotopic (exact) mass is 951 g/mol. The fourth-order valence-electron chi connectivity index (χ4n) is 12.4. The minimum Gasteiger partial charge on any atom is -0.344 e. The van der Waals surface area contributed by atoms with Crippen molar-refractivity contribution in [2.45, 2.75) is 30.5 Å². The molecule has 11 aromatic rings. The predicted molar refractivity (Wildman–Crippen MR) is 313 cm³/mol. The Bertz CT molecular complexity index is 3960. The zero-order valence-corrected chi connectivity index (χ0v) is 41.8. The highest BCUT2D eigenvalue weighted by Crippen LogP contribution is 2.65. The van der Waals surface area contributed by atoms with Crippen molar-refractivity contribution >= 4 is 78.9 Å². The Labute approximate surface area is 434 Å². The van der Waals surface area contributed by atoms with Gasteiger partial charge in [-0.15, -0.1) is 0 Å². The van der Waals surface area contributed by atoms with E-state index in [4.69, 9.17) is 4.98 Å². The van der Waals surface area contributed by atoms with Gasteiger partial charge in [-0.05, 0) is 42.3 Å².